The van der Waals surface area contributed by atoms with Gasteiger partial charge in [0.25, 0.3) is 0 Å². The lowest BCUT2D eigenvalue weighted by Crippen LogP contribution is -2.00. The summed E-state index contributed by atoms with van der Waals surface area (Å²) in [6.45, 7) is 0. The van der Waals surface area contributed by atoms with E-state index in [4.69, 9.17) is 0 Å². The van der Waals surface area contributed by atoms with Gasteiger partial charge < -0.3 is 0 Å². The van der Waals surface area contributed by atoms with Crippen molar-refractivity contribution in [3.63, 3.8) is 0 Å². The maximum Gasteiger partial charge on any atom is 0.123 e. The Morgan fingerprint density at radius 1 is 0.688 bits per heavy atom. The molecule has 0 spiro atoms. The number of halogens is 2. The van der Waals surface area contributed by atoms with E-state index in [1.165, 1.54) is 24.3 Å². The topological polar surface area (TPSA) is 0 Å². The molecule has 16 heavy (non-hydrogen) atoms. The second-order valence-electron chi connectivity index (χ2n) is 3.82. The summed E-state index contributed by atoms with van der Waals surface area (Å²) >= 11 is 0. The lowest BCUT2D eigenvalue weighted by atomic mass is 10.0. The van der Waals surface area contributed by atoms with E-state index in [2.05, 4.69) is 0 Å². The predicted molar refractivity (Wildman–Crippen MR) is 64.6 cm³/mol. The summed E-state index contributed by atoms with van der Waals surface area (Å²) in [6, 6.07) is 13.0. The van der Waals surface area contributed by atoms with Crippen LogP contribution in [-0.2, 0) is 0 Å². The fourth-order valence-corrected chi connectivity index (χ4v) is 2.47. The average molecular weight is 234 g/mol. The van der Waals surface area contributed by atoms with E-state index in [1.54, 1.807) is 24.3 Å². The zero-order chi connectivity index (χ0) is 11.5. The Morgan fingerprint density at radius 2 is 1.00 bits per heavy atom. The molecule has 0 amide bonds. The van der Waals surface area contributed by atoms with Gasteiger partial charge in [-0.1, -0.05) is 24.3 Å². The van der Waals surface area contributed by atoms with Gasteiger partial charge in [0, 0.05) is 10.2 Å². The van der Waals surface area contributed by atoms with Crippen LogP contribution in [0.5, 0.6) is 0 Å². The molecule has 0 aliphatic carbocycles. The lowest BCUT2D eigenvalue weighted by Gasteiger charge is -2.12. The van der Waals surface area contributed by atoms with Gasteiger partial charge in [-0.05, 0) is 40.9 Å². The van der Waals surface area contributed by atoms with Gasteiger partial charge in [-0.25, -0.2) is 8.78 Å². The number of hydrogen-bond donors (Lipinski definition) is 0. The van der Waals surface area contributed by atoms with Crippen LogP contribution in [0.25, 0.3) is 0 Å². The van der Waals surface area contributed by atoms with E-state index in [-0.39, 0.29) is 17.2 Å². The highest BCUT2D eigenvalue weighted by molar-refractivity contribution is 6.14. The molecule has 3 heteroatoms. The van der Waals surface area contributed by atoms with Crippen LogP contribution in [0.1, 0.15) is 16.7 Å². The second-order valence-corrected chi connectivity index (χ2v) is 4.98. The van der Waals surface area contributed by atoms with E-state index in [9.17, 15) is 8.78 Å². The van der Waals surface area contributed by atoms with Gasteiger partial charge in [-0.3, -0.25) is 0 Å². The first-order valence-corrected chi connectivity index (χ1v) is 6.33. The van der Waals surface area contributed by atoms with Crippen molar-refractivity contribution in [3.8, 4) is 0 Å². The molecule has 0 aliphatic rings. The molecule has 0 fully saturated rings. The maximum atomic E-state index is 12.8. The van der Waals surface area contributed by atoms with Gasteiger partial charge in [0.1, 0.15) is 11.6 Å². The summed E-state index contributed by atoms with van der Waals surface area (Å²) in [6.07, 6.45) is 0. The molecule has 0 aromatic heterocycles. The number of hydrogen-bond acceptors (Lipinski definition) is 0. The molecule has 0 nitrogen and oxygen atoms in total. The lowest BCUT2D eigenvalue weighted by molar-refractivity contribution is 0.626. The minimum atomic E-state index is -0.225. The standard InChI is InChI=1S/C13H12F2Si/c14-11-5-1-9(2-6-11)13(16)10-3-7-12(15)8-4-10/h1-8,13H,16H3. The molecule has 0 bridgehead atoms. The third kappa shape index (κ3) is 2.36. The van der Waals surface area contributed by atoms with Crippen molar-refractivity contribution in [2.24, 2.45) is 0 Å². The SMILES string of the molecule is Fc1ccc(C([SiH3])c2ccc(F)cc2)cc1. The highest BCUT2D eigenvalue weighted by Gasteiger charge is 2.08. The zero-order valence-corrected chi connectivity index (χ0v) is 11.0. The van der Waals surface area contributed by atoms with Gasteiger partial charge in [0.15, 0.2) is 0 Å². The summed E-state index contributed by atoms with van der Waals surface area (Å²) in [5.74, 6) is -0.451. The summed E-state index contributed by atoms with van der Waals surface area (Å²) in [5, 5.41) is 0. The first-order valence-electron chi connectivity index (χ1n) is 5.18. The van der Waals surface area contributed by atoms with Crippen molar-refractivity contribution >= 4 is 10.2 Å². The minimum Gasteiger partial charge on any atom is -0.207 e. The van der Waals surface area contributed by atoms with Crippen molar-refractivity contribution in [1.29, 1.82) is 0 Å². The molecule has 0 heterocycles. The molecule has 0 N–H and O–H groups in total. The Bertz CT molecular complexity index is 417. The Morgan fingerprint density at radius 3 is 1.31 bits per heavy atom. The number of benzene rings is 2. The molecule has 0 saturated carbocycles. The van der Waals surface area contributed by atoms with Gasteiger partial charge in [-0.2, -0.15) is 0 Å². The van der Waals surface area contributed by atoms with Gasteiger partial charge >= 0.3 is 0 Å². The molecule has 0 aliphatic heterocycles. The molecule has 0 unspecified atom stereocenters. The van der Waals surface area contributed by atoms with Crippen LogP contribution in [0.2, 0.25) is 0 Å². The third-order valence-electron chi connectivity index (χ3n) is 2.74. The van der Waals surface area contributed by atoms with E-state index in [1.807, 2.05) is 0 Å². The molecule has 2 aromatic rings. The molecule has 0 saturated heterocycles. The Kier molecular flexibility index (Phi) is 3.15. The Balaban J connectivity index is 2.28. The van der Waals surface area contributed by atoms with Gasteiger partial charge in [0.2, 0.25) is 0 Å². The summed E-state index contributed by atoms with van der Waals surface area (Å²) in [4.78, 5) is 0. The molecule has 2 rings (SSSR count). The highest BCUT2D eigenvalue weighted by Crippen LogP contribution is 2.21. The molecule has 82 valence electrons. The molecular weight excluding hydrogens is 222 g/mol. The van der Waals surface area contributed by atoms with Crippen LogP contribution in [0.4, 0.5) is 8.78 Å². The third-order valence-corrected chi connectivity index (χ3v) is 4.07. The van der Waals surface area contributed by atoms with E-state index in [0.29, 0.717) is 0 Å². The normalized spacial score (nSPS) is 10.9. The summed E-state index contributed by atoms with van der Waals surface area (Å²) in [7, 11) is 0.915. The van der Waals surface area contributed by atoms with Crippen molar-refractivity contribution < 1.29 is 8.78 Å². The molecule has 0 atom stereocenters. The van der Waals surface area contributed by atoms with Crippen LogP contribution in [0.15, 0.2) is 48.5 Å². The van der Waals surface area contributed by atoms with E-state index in [0.717, 1.165) is 21.4 Å². The van der Waals surface area contributed by atoms with Gasteiger partial charge in [-0.15, -0.1) is 0 Å². The van der Waals surface area contributed by atoms with E-state index < -0.39 is 0 Å². The van der Waals surface area contributed by atoms with Crippen LogP contribution in [-0.4, -0.2) is 10.2 Å². The van der Waals surface area contributed by atoms with Crippen LogP contribution in [0, 0.1) is 11.6 Å². The van der Waals surface area contributed by atoms with Crippen molar-refractivity contribution in [3.05, 3.63) is 71.3 Å². The van der Waals surface area contributed by atoms with Crippen molar-refractivity contribution in [2.75, 3.05) is 0 Å². The smallest absolute Gasteiger partial charge is 0.123 e. The Hall–Kier alpha value is -1.48. The first-order chi connectivity index (χ1) is 7.66. The maximum absolute atomic E-state index is 12.8. The van der Waals surface area contributed by atoms with Crippen LogP contribution >= 0.6 is 0 Å². The minimum absolute atomic E-state index is 0.225. The first kappa shape index (κ1) is 11.0. The van der Waals surface area contributed by atoms with Crippen LogP contribution < -0.4 is 0 Å². The fraction of sp³-hybridized carbons (Fsp3) is 0.0769. The van der Waals surface area contributed by atoms with Crippen molar-refractivity contribution in [2.45, 2.75) is 5.54 Å². The average Bonchev–Trinajstić information content (AvgIpc) is 2.30. The van der Waals surface area contributed by atoms with Crippen LogP contribution in [0.3, 0.4) is 0 Å². The summed E-state index contributed by atoms with van der Waals surface area (Å²) < 4.78 is 25.5. The number of rotatable bonds is 2. The monoisotopic (exact) mass is 234 g/mol. The quantitative estimate of drug-likeness (QED) is 0.700. The predicted octanol–water partition coefficient (Wildman–Crippen LogP) is 2.42. The second kappa shape index (κ2) is 4.57. The Labute approximate surface area is 96.4 Å². The molecular formula is C13H12F2Si. The zero-order valence-electron chi connectivity index (χ0n) is 8.95. The van der Waals surface area contributed by atoms with Gasteiger partial charge in [0.05, 0.1) is 0 Å². The summed E-state index contributed by atoms with van der Waals surface area (Å²) in [5.41, 5.74) is 2.44. The van der Waals surface area contributed by atoms with E-state index >= 15 is 0 Å². The van der Waals surface area contributed by atoms with Crippen molar-refractivity contribution in [1.82, 2.24) is 0 Å². The highest BCUT2D eigenvalue weighted by atomic mass is 28.1. The largest absolute Gasteiger partial charge is 0.207 e. The fourth-order valence-electron chi connectivity index (χ4n) is 1.70. The molecule has 2 aromatic carbocycles. The molecule has 0 radical (unpaired) electrons.